The number of hydrogen-bond donors (Lipinski definition) is 2. The average Bonchev–Trinajstić information content (AvgIpc) is 2.55. The lowest BCUT2D eigenvalue weighted by Gasteiger charge is -2.30. The quantitative estimate of drug-likeness (QED) is 0.787. The molecule has 0 saturated carbocycles. The van der Waals surface area contributed by atoms with E-state index < -0.39 is 0 Å². The van der Waals surface area contributed by atoms with Gasteiger partial charge in [-0.1, -0.05) is 36.4 Å². The summed E-state index contributed by atoms with van der Waals surface area (Å²) >= 11 is 0. The molecule has 0 atom stereocenters. The maximum absolute atomic E-state index is 12.1. The number of amides is 2. The molecule has 1 aliphatic rings. The minimum atomic E-state index is -0.153. The minimum Gasteiger partial charge on any atom is -0.393 e. The number of likely N-dealkylation sites (N-methyl/N-ethyl adjacent to an activating group) is 1. The first-order chi connectivity index (χ1) is 11.5. The summed E-state index contributed by atoms with van der Waals surface area (Å²) in [6, 6.07) is 8.13. The van der Waals surface area contributed by atoms with E-state index in [4.69, 9.17) is 0 Å². The second kappa shape index (κ2) is 8.85. The van der Waals surface area contributed by atoms with Crippen molar-refractivity contribution in [2.24, 2.45) is 0 Å². The third-order valence-electron chi connectivity index (χ3n) is 4.35. The number of piperidine rings is 1. The number of hydrogen-bond acceptors (Lipinski definition) is 3. The summed E-state index contributed by atoms with van der Waals surface area (Å²) in [7, 11) is 1.77. The first kappa shape index (κ1) is 18.5. The summed E-state index contributed by atoms with van der Waals surface area (Å²) in [6.07, 6.45) is 1.52. The van der Waals surface area contributed by atoms with Gasteiger partial charge in [0.05, 0.1) is 6.10 Å². The molecule has 2 rings (SSSR count). The molecule has 1 fully saturated rings. The fourth-order valence-electron chi connectivity index (χ4n) is 2.99. The Morgan fingerprint density at radius 1 is 1.33 bits per heavy atom. The monoisotopic (exact) mass is 331 g/mol. The van der Waals surface area contributed by atoms with Crippen LogP contribution < -0.4 is 5.32 Å². The molecule has 1 heterocycles. The minimum absolute atomic E-state index is 0.0890. The Balaban J connectivity index is 1.91. The average molecular weight is 331 g/mol. The SMILES string of the molecule is C=C(C)CN(C)C(=O)NCc1ccccc1CN1CCC(O)CC1. The summed E-state index contributed by atoms with van der Waals surface area (Å²) in [5.41, 5.74) is 3.33. The number of benzene rings is 1. The van der Waals surface area contributed by atoms with Crippen molar-refractivity contribution >= 4 is 6.03 Å². The molecule has 2 amide bonds. The fourth-order valence-corrected chi connectivity index (χ4v) is 2.99. The summed E-state index contributed by atoms with van der Waals surface area (Å²) in [6.45, 7) is 9.53. The maximum Gasteiger partial charge on any atom is 0.317 e. The number of carbonyl (C=O) groups excluding carboxylic acids is 1. The van der Waals surface area contributed by atoms with Gasteiger partial charge in [0, 0.05) is 39.8 Å². The van der Waals surface area contributed by atoms with Gasteiger partial charge in [0.25, 0.3) is 0 Å². The zero-order valence-corrected chi connectivity index (χ0v) is 14.8. The smallest absolute Gasteiger partial charge is 0.317 e. The molecular formula is C19H29N3O2. The van der Waals surface area contributed by atoms with Crippen molar-refractivity contribution in [2.75, 3.05) is 26.7 Å². The molecule has 0 unspecified atom stereocenters. The van der Waals surface area contributed by atoms with Crippen LogP contribution in [0.25, 0.3) is 0 Å². The molecule has 1 aromatic carbocycles. The number of nitrogens with zero attached hydrogens (tertiary/aromatic N) is 2. The molecule has 0 bridgehead atoms. The summed E-state index contributed by atoms with van der Waals surface area (Å²) in [5, 5.41) is 12.6. The highest BCUT2D eigenvalue weighted by Gasteiger charge is 2.18. The first-order valence-electron chi connectivity index (χ1n) is 8.56. The van der Waals surface area contributed by atoms with Gasteiger partial charge in [0.15, 0.2) is 0 Å². The van der Waals surface area contributed by atoms with Crippen molar-refractivity contribution in [3.8, 4) is 0 Å². The number of aliphatic hydroxyl groups excluding tert-OH is 1. The summed E-state index contributed by atoms with van der Waals surface area (Å²) < 4.78 is 0. The molecule has 5 nitrogen and oxygen atoms in total. The van der Waals surface area contributed by atoms with E-state index in [1.165, 1.54) is 5.56 Å². The van der Waals surface area contributed by atoms with Crippen LogP contribution in [0, 0.1) is 0 Å². The van der Waals surface area contributed by atoms with E-state index >= 15 is 0 Å². The third kappa shape index (κ3) is 5.65. The van der Waals surface area contributed by atoms with Crippen molar-refractivity contribution < 1.29 is 9.90 Å². The Labute approximate surface area is 145 Å². The number of rotatable bonds is 6. The van der Waals surface area contributed by atoms with E-state index in [0.29, 0.717) is 13.1 Å². The number of nitrogens with one attached hydrogen (secondary N) is 1. The molecule has 5 heteroatoms. The van der Waals surface area contributed by atoms with Crippen LogP contribution >= 0.6 is 0 Å². The Bertz CT molecular complexity index is 565. The number of carbonyl (C=O) groups is 1. The van der Waals surface area contributed by atoms with Gasteiger partial charge in [-0.05, 0) is 30.9 Å². The van der Waals surface area contributed by atoms with Crippen LogP contribution in [0.1, 0.15) is 30.9 Å². The van der Waals surface area contributed by atoms with E-state index in [0.717, 1.165) is 43.6 Å². The van der Waals surface area contributed by atoms with Crippen LogP contribution in [-0.4, -0.2) is 53.7 Å². The van der Waals surface area contributed by atoms with Crippen molar-refractivity contribution in [3.63, 3.8) is 0 Å². The van der Waals surface area contributed by atoms with Crippen LogP contribution in [0.2, 0.25) is 0 Å². The van der Waals surface area contributed by atoms with Gasteiger partial charge in [-0.3, -0.25) is 4.90 Å². The maximum atomic E-state index is 12.1. The molecule has 132 valence electrons. The van der Waals surface area contributed by atoms with E-state index in [1.807, 2.05) is 19.1 Å². The van der Waals surface area contributed by atoms with Crippen molar-refractivity contribution in [1.29, 1.82) is 0 Å². The van der Waals surface area contributed by atoms with Crippen LogP contribution in [-0.2, 0) is 13.1 Å². The van der Waals surface area contributed by atoms with Crippen LogP contribution in [0.3, 0.4) is 0 Å². The summed E-state index contributed by atoms with van der Waals surface area (Å²) in [4.78, 5) is 16.1. The van der Waals surface area contributed by atoms with Gasteiger partial charge in [0.2, 0.25) is 0 Å². The highest BCUT2D eigenvalue weighted by Crippen LogP contribution is 2.16. The molecule has 24 heavy (non-hydrogen) atoms. The van der Waals surface area contributed by atoms with Crippen molar-refractivity contribution in [3.05, 3.63) is 47.5 Å². The van der Waals surface area contributed by atoms with Gasteiger partial charge in [-0.15, -0.1) is 0 Å². The molecule has 1 saturated heterocycles. The fraction of sp³-hybridized carbons (Fsp3) is 0.526. The van der Waals surface area contributed by atoms with Gasteiger partial charge < -0.3 is 15.3 Å². The zero-order valence-electron chi connectivity index (χ0n) is 14.8. The predicted octanol–water partition coefficient (Wildman–Crippen LogP) is 2.36. The van der Waals surface area contributed by atoms with E-state index in [-0.39, 0.29) is 12.1 Å². The lowest BCUT2D eigenvalue weighted by Crippen LogP contribution is -2.38. The molecule has 2 N–H and O–H groups in total. The topological polar surface area (TPSA) is 55.8 Å². The standard InChI is InChI=1S/C19H29N3O2/c1-15(2)13-21(3)19(24)20-12-16-6-4-5-7-17(16)14-22-10-8-18(23)9-11-22/h4-7,18,23H,1,8-14H2,2-3H3,(H,20,24). The predicted molar refractivity (Wildman–Crippen MR) is 96.6 cm³/mol. The van der Waals surface area contributed by atoms with Crippen LogP contribution in [0.4, 0.5) is 4.79 Å². The highest BCUT2D eigenvalue weighted by atomic mass is 16.3. The molecule has 1 aliphatic heterocycles. The molecule has 0 radical (unpaired) electrons. The van der Waals surface area contributed by atoms with Crippen LogP contribution in [0.15, 0.2) is 36.4 Å². The molecule has 0 aliphatic carbocycles. The lowest BCUT2D eigenvalue weighted by atomic mass is 10.0. The Hall–Kier alpha value is -1.85. The number of urea groups is 1. The lowest BCUT2D eigenvalue weighted by molar-refractivity contribution is 0.0791. The van der Waals surface area contributed by atoms with Crippen molar-refractivity contribution in [1.82, 2.24) is 15.1 Å². The second-order valence-corrected chi connectivity index (χ2v) is 6.75. The van der Waals surface area contributed by atoms with Crippen LogP contribution in [0.5, 0.6) is 0 Å². The normalized spacial score (nSPS) is 16.0. The Kier molecular flexibility index (Phi) is 6.82. The van der Waals surface area contributed by atoms with Gasteiger partial charge in [-0.25, -0.2) is 4.79 Å². The Morgan fingerprint density at radius 3 is 2.58 bits per heavy atom. The zero-order chi connectivity index (χ0) is 17.5. The molecule has 0 spiro atoms. The molecule has 0 aromatic heterocycles. The van der Waals surface area contributed by atoms with E-state index in [9.17, 15) is 9.90 Å². The first-order valence-corrected chi connectivity index (χ1v) is 8.56. The Morgan fingerprint density at radius 2 is 1.96 bits per heavy atom. The number of likely N-dealkylation sites (tertiary alicyclic amines) is 1. The highest BCUT2D eigenvalue weighted by molar-refractivity contribution is 5.74. The van der Waals surface area contributed by atoms with E-state index in [2.05, 4.69) is 28.9 Å². The molecular weight excluding hydrogens is 302 g/mol. The van der Waals surface area contributed by atoms with E-state index in [1.54, 1.807) is 11.9 Å². The van der Waals surface area contributed by atoms with Gasteiger partial charge in [0.1, 0.15) is 0 Å². The van der Waals surface area contributed by atoms with Crippen molar-refractivity contribution in [2.45, 2.75) is 39.0 Å². The summed E-state index contributed by atoms with van der Waals surface area (Å²) in [5.74, 6) is 0. The largest absolute Gasteiger partial charge is 0.393 e. The third-order valence-corrected chi connectivity index (χ3v) is 4.35. The van der Waals surface area contributed by atoms with Gasteiger partial charge in [-0.2, -0.15) is 0 Å². The van der Waals surface area contributed by atoms with Gasteiger partial charge >= 0.3 is 6.03 Å². The molecule has 1 aromatic rings. The number of aliphatic hydroxyl groups is 1. The second-order valence-electron chi connectivity index (χ2n) is 6.75.